The summed E-state index contributed by atoms with van der Waals surface area (Å²) in [6.07, 6.45) is -4.96. The average Bonchev–Trinajstić information content (AvgIpc) is 2.24. The number of halogens is 3. The summed E-state index contributed by atoms with van der Waals surface area (Å²) in [7, 11) is -1.71. The van der Waals surface area contributed by atoms with Crippen LogP contribution in [0.2, 0.25) is 19.6 Å². The molecule has 0 N–H and O–H groups in total. The molecule has 0 fully saturated rings. The molecule has 0 aromatic heterocycles. The molecule has 0 bridgehead atoms. The van der Waals surface area contributed by atoms with Gasteiger partial charge in [-0.3, -0.25) is 0 Å². The molecule has 1 aromatic carbocycles. The van der Waals surface area contributed by atoms with Gasteiger partial charge in [0.15, 0.2) is 0 Å². The van der Waals surface area contributed by atoms with E-state index in [2.05, 4.69) is 4.74 Å². The molecule has 0 saturated carbocycles. The Morgan fingerprint density at radius 2 is 1.68 bits per heavy atom. The molecule has 106 valence electrons. The second-order valence-electron chi connectivity index (χ2n) is 4.93. The number of ether oxygens (including phenoxy) is 1. The van der Waals surface area contributed by atoms with Crippen LogP contribution in [-0.2, 0) is 16.1 Å². The molecule has 0 unspecified atom stereocenters. The van der Waals surface area contributed by atoms with Crippen molar-refractivity contribution in [2.24, 2.45) is 0 Å². The van der Waals surface area contributed by atoms with Crippen molar-refractivity contribution in [3.05, 3.63) is 29.8 Å². The van der Waals surface area contributed by atoms with Crippen LogP contribution in [0.3, 0.4) is 0 Å². The van der Waals surface area contributed by atoms with Crippen LogP contribution < -0.4 is 4.43 Å². The third-order valence-electron chi connectivity index (χ3n) is 1.95. The lowest BCUT2D eigenvalue weighted by Crippen LogP contribution is -2.29. The standard InChI is InChI=1S/C12H15F3O3Si/c1-19(2,3)18-10-6-4-9(5-7-10)8-17-11(16)12(13,14)15/h4-7H,8H2,1-3H3. The summed E-state index contributed by atoms with van der Waals surface area (Å²) < 4.78 is 45.6. The molecule has 1 aromatic rings. The first-order valence-corrected chi connectivity index (χ1v) is 9.01. The molecule has 1 rings (SSSR count). The lowest BCUT2D eigenvalue weighted by atomic mass is 10.2. The Labute approximate surface area is 110 Å². The zero-order valence-electron chi connectivity index (χ0n) is 10.9. The molecule has 0 amide bonds. The van der Waals surface area contributed by atoms with Crippen LogP contribution in [0.25, 0.3) is 0 Å². The zero-order chi connectivity index (χ0) is 14.7. The largest absolute Gasteiger partial charge is 0.544 e. The van der Waals surface area contributed by atoms with Gasteiger partial charge in [0.05, 0.1) is 0 Å². The zero-order valence-corrected chi connectivity index (χ0v) is 11.9. The Balaban J connectivity index is 2.56. The molecule has 0 atom stereocenters. The first-order chi connectivity index (χ1) is 8.58. The van der Waals surface area contributed by atoms with E-state index in [0.717, 1.165) is 0 Å². The van der Waals surface area contributed by atoms with Crippen molar-refractivity contribution >= 4 is 14.3 Å². The van der Waals surface area contributed by atoms with Crippen molar-refractivity contribution < 1.29 is 27.1 Å². The van der Waals surface area contributed by atoms with Crippen LogP contribution in [0.5, 0.6) is 5.75 Å². The fourth-order valence-corrected chi connectivity index (χ4v) is 2.08. The number of rotatable bonds is 4. The SMILES string of the molecule is C[Si](C)(C)Oc1ccc(COC(=O)C(F)(F)F)cc1. The van der Waals surface area contributed by atoms with Crippen LogP contribution in [0, 0.1) is 0 Å². The van der Waals surface area contributed by atoms with Crippen LogP contribution in [0.1, 0.15) is 5.56 Å². The summed E-state index contributed by atoms with van der Waals surface area (Å²) in [4.78, 5) is 10.5. The van der Waals surface area contributed by atoms with Crippen molar-refractivity contribution in [1.29, 1.82) is 0 Å². The van der Waals surface area contributed by atoms with Gasteiger partial charge in [-0.05, 0) is 37.3 Å². The molecule has 3 nitrogen and oxygen atoms in total. The fraction of sp³-hybridized carbons (Fsp3) is 0.417. The minimum absolute atomic E-state index is 0.411. The van der Waals surface area contributed by atoms with Crippen molar-refractivity contribution in [3.8, 4) is 5.75 Å². The van der Waals surface area contributed by atoms with Crippen LogP contribution in [0.4, 0.5) is 13.2 Å². The molecular formula is C12H15F3O3Si. The van der Waals surface area contributed by atoms with Crippen molar-refractivity contribution in [2.45, 2.75) is 32.4 Å². The molecule has 0 spiro atoms. The van der Waals surface area contributed by atoms with Crippen LogP contribution >= 0.6 is 0 Å². The normalized spacial score (nSPS) is 12.1. The van der Waals surface area contributed by atoms with Gasteiger partial charge in [-0.25, -0.2) is 4.79 Å². The smallest absolute Gasteiger partial charge is 0.490 e. The average molecular weight is 292 g/mol. The fourth-order valence-electron chi connectivity index (χ4n) is 1.24. The first kappa shape index (κ1) is 15.6. The quantitative estimate of drug-likeness (QED) is 0.629. The molecular weight excluding hydrogens is 277 g/mol. The van der Waals surface area contributed by atoms with Gasteiger partial charge in [0.25, 0.3) is 0 Å². The topological polar surface area (TPSA) is 35.5 Å². The van der Waals surface area contributed by atoms with Gasteiger partial charge in [0.1, 0.15) is 12.4 Å². The molecule has 0 aliphatic heterocycles. The Hall–Kier alpha value is -1.50. The maximum Gasteiger partial charge on any atom is 0.490 e. The second kappa shape index (κ2) is 5.64. The molecule has 0 radical (unpaired) electrons. The minimum Gasteiger partial charge on any atom is -0.544 e. The van der Waals surface area contributed by atoms with E-state index in [1.807, 2.05) is 19.6 Å². The van der Waals surface area contributed by atoms with Crippen molar-refractivity contribution in [2.75, 3.05) is 0 Å². The van der Waals surface area contributed by atoms with Crippen LogP contribution in [0.15, 0.2) is 24.3 Å². The number of alkyl halides is 3. The molecule has 0 saturated heterocycles. The number of esters is 1. The number of carbonyl (C=O) groups excluding carboxylic acids is 1. The highest BCUT2D eigenvalue weighted by Crippen LogP contribution is 2.19. The third-order valence-corrected chi connectivity index (χ3v) is 2.80. The number of hydrogen-bond donors (Lipinski definition) is 0. The molecule has 0 aliphatic rings. The van der Waals surface area contributed by atoms with E-state index in [9.17, 15) is 18.0 Å². The van der Waals surface area contributed by atoms with Gasteiger partial charge in [-0.15, -0.1) is 0 Å². The van der Waals surface area contributed by atoms with Crippen LogP contribution in [-0.4, -0.2) is 20.5 Å². The number of benzene rings is 1. The lowest BCUT2D eigenvalue weighted by molar-refractivity contribution is -0.201. The molecule has 0 heterocycles. The van der Waals surface area contributed by atoms with E-state index < -0.39 is 27.1 Å². The Bertz CT molecular complexity index is 435. The highest BCUT2D eigenvalue weighted by Gasteiger charge is 2.40. The number of hydrogen-bond acceptors (Lipinski definition) is 3. The Morgan fingerprint density at radius 1 is 1.16 bits per heavy atom. The van der Waals surface area contributed by atoms with Gasteiger partial charge in [0.2, 0.25) is 8.32 Å². The molecule has 7 heteroatoms. The van der Waals surface area contributed by atoms with Gasteiger partial charge >= 0.3 is 12.1 Å². The molecule has 0 aliphatic carbocycles. The summed E-state index contributed by atoms with van der Waals surface area (Å²) in [5.74, 6) is -1.53. The predicted molar refractivity (Wildman–Crippen MR) is 66.3 cm³/mol. The first-order valence-electron chi connectivity index (χ1n) is 5.60. The van der Waals surface area contributed by atoms with E-state index in [0.29, 0.717) is 11.3 Å². The summed E-state index contributed by atoms with van der Waals surface area (Å²) >= 11 is 0. The summed E-state index contributed by atoms with van der Waals surface area (Å²) in [5.41, 5.74) is 0.473. The summed E-state index contributed by atoms with van der Waals surface area (Å²) in [5, 5.41) is 0. The van der Waals surface area contributed by atoms with Crippen molar-refractivity contribution in [3.63, 3.8) is 0 Å². The van der Waals surface area contributed by atoms with E-state index in [1.165, 1.54) is 0 Å². The highest BCUT2D eigenvalue weighted by molar-refractivity contribution is 6.70. The highest BCUT2D eigenvalue weighted by atomic mass is 28.4. The maximum atomic E-state index is 11.9. The van der Waals surface area contributed by atoms with Gasteiger partial charge in [-0.2, -0.15) is 13.2 Å². The Kier molecular flexibility index (Phi) is 4.62. The summed E-state index contributed by atoms with van der Waals surface area (Å²) in [6.45, 7) is 5.65. The van der Waals surface area contributed by atoms with E-state index in [1.54, 1.807) is 24.3 Å². The monoisotopic (exact) mass is 292 g/mol. The number of carbonyl (C=O) groups is 1. The molecule has 19 heavy (non-hydrogen) atoms. The minimum atomic E-state index is -4.96. The maximum absolute atomic E-state index is 11.9. The Morgan fingerprint density at radius 3 is 2.11 bits per heavy atom. The van der Waals surface area contributed by atoms with Gasteiger partial charge < -0.3 is 9.16 Å². The van der Waals surface area contributed by atoms with Crippen molar-refractivity contribution in [1.82, 2.24) is 0 Å². The van der Waals surface area contributed by atoms with E-state index in [-0.39, 0.29) is 0 Å². The third kappa shape index (κ3) is 5.78. The summed E-state index contributed by atoms with van der Waals surface area (Å²) in [6, 6.07) is 6.43. The lowest BCUT2D eigenvalue weighted by Gasteiger charge is -2.19. The van der Waals surface area contributed by atoms with E-state index in [4.69, 9.17) is 4.43 Å². The second-order valence-corrected chi connectivity index (χ2v) is 9.36. The van der Waals surface area contributed by atoms with Gasteiger partial charge in [-0.1, -0.05) is 12.1 Å². The van der Waals surface area contributed by atoms with E-state index >= 15 is 0 Å². The van der Waals surface area contributed by atoms with Gasteiger partial charge in [0, 0.05) is 0 Å². The predicted octanol–water partition coefficient (Wildman–Crippen LogP) is 3.51.